The molecule has 2 aromatic carbocycles. The third-order valence-electron chi connectivity index (χ3n) is 4.98. The summed E-state index contributed by atoms with van der Waals surface area (Å²) in [4.78, 5) is 12.5. The zero-order valence-electron chi connectivity index (χ0n) is 14.4. The average Bonchev–Trinajstić information content (AvgIpc) is 2.67. The number of carbonyl (C=O) groups is 1. The summed E-state index contributed by atoms with van der Waals surface area (Å²) in [6.07, 6.45) is 1.79. The van der Waals surface area contributed by atoms with Crippen LogP contribution in [0.1, 0.15) is 39.9 Å². The summed E-state index contributed by atoms with van der Waals surface area (Å²) in [5, 5.41) is 11.9. The molecule has 1 N–H and O–H groups in total. The van der Waals surface area contributed by atoms with Crippen LogP contribution in [-0.2, 0) is 10.2 Å². The summed E-state index contributed by atoms with van der Waals surface area (Å²) in [7, 11) is 0. The monoisotopic (exact) mass is 334 g/mol. The van der Waals surface area contributed by atoms with Gasteiger partial charge < -0.3 is 10.1 Å². The van der Waals surface area contributed by atoms with Crippen molar-refractivity contribution in [1.29, 1.82) is 5.26 Å². The second-order valence-corrected chi connectivity index (χ2v) is 6.63. The molecule has 1 fully saturated rings. The molecule has 0 saturated carbocycles. The Morgan fingerprint density at radius 2 is 1.76 bits per heavy atom. The summed E-state index contributed by atoms with van der Waals surface area (Å²) < 4.78 is 5.54. The number of benzene rings is 2. The number of hydrogen-bond donors (Lipinski definition) is 1. The highest BCUT2D eigenvalue weighted by molar-refractivity contribution is 5.94. The molecule has 1 saturated heterocycles. The Morgan fingerprint density at radius 3 is 2.36 bits per heavy atom. The zero-order chi connectivity index (χ0) is 17.7. The van der Waals surface area contributed by atoms with Crippen LogP contribution in [0.25, 0.3) is 0 Å². The number of rotatable bonds is 4. The molecule has 0 aromatic heterocycles. The van der Waals surface area contributed by atoms with E-state index in [0.29, 0.717) is 30.9 Å². The highest BCUT2D eigenvalue weighted by Crippen LogP contribution is 2.34. The van der Waals surface area contributed by atoms with E-state index in [-0.39, 0.29) is 11.3 Å². The van der Waals surface area contributed by atoms with Crippen molar-refractivity contribution in [2.75, 3.05) is 19.8 Å². The minimum Gasteiger partial charge on any atom is -0.381 e. The molecule has 0 aliphatic carbocycles. The molecule has 3 rings (SSSR count). The number of nitrogens with zero attached hydrogens (tertiary/aromatic N) is 1. The zero-order valence-corrected chi connectivity index (χ0v) is 14.4. The number of amides is 1. The predicted molar refractivity (Wildman–Crippen MR) is 96.4 cm³/mol. The van der Waals surface area contributed by atoms with Crippen LogP contribution in [0.4, 0.5) is 0 Å². The minimum atomic E-state index is -0.109. The lowest BCUT2D eigenvalue weighted by Crippen LogP contribution is -2.44. The third-order valence-corrected chi connectivity index (χ3v) is 4.98. The molecule has 0 spiro atoms. The molecule has 1 heterocycles. The Morgan fingerprint density at radius 1 is 1.12 bits per heavy atom. The molecule has 25 heavy (non-hydrogen) atoms. The smallest absolute Gasteiger partial charge is 0.251 e. The van der Waals surface area contributed by atoms with Gasteiger partial charge in [-0.2, -0.15) is 5.26 Å². The van der Waals surface area contributed by atoms with E-state index in [2.05, 4.69) is 42.6 Å². The lowest BCUT2D eigenvalue weighted by Gasteiger charge is -2.38. The topological polar surface area (TPSA) is 62.1 Å². The van der Waals surface area contributed by atoms with Crippen LogP contribution in [0, 0.1) is 18.3 Å². The molecule has 1 aliphatic heterocycles. The Bertz CT molecular complexity index is 767. The van der Waals surface area contributed by atoms with Crippen LogP contribution >= 0.6 is 0 Å². The first kappa shape index (κ1) is 17.2. The van der Waals surface area contributed by atoms with Crippen molar-refractivity contribution >= 4 is 5.91 Å². The lowest BCUT2D eigenvalue weighted by atomic mass is 9.74. The van der Waals surface area contributed by atoms with Gasteiger partial charge >= 0.3 is 0 Å². The van der Waals surface area contributed by atoms with E-state index >= 15 is 0 Å². The molecule has 0 unspecified atom stereocenters. The SMILES string of the molecule is Cc1ccc(C2(CNC(=O)c3ccc(C#N)cc3)CCOCC2)cc1. The Kier molecular flexibility index (Phi) is 5.16. The van der Waals surface area contributed by atoms with Gasteiger partial charge in [-0.15, -0.1) is 0 Å². The molecule has 0 atom stereocenters. The van der Waals surface area contributed by atoms with E-state index < -0.39 is 0 Å². The van der Waals surface area contributed by atoms with Gasteiger partial charge in [0.05, 0.1) is 11.6 Å². The summed E-state index contributed by atoms with van der Waals surface area (Å²) >= 11 is 0. The van der Waals surface area contributed by atoms with Gasteiger partial charge in [-0.1, -0.05) is 29.8 Å². The van der Waals surface area contributed by atoms with Crippen LogP contribution in [0.2, 0.25) is 0 Å². The van der Waals surface area contributed by atoms with Crippen molar-refractivity contribution in [3.63, 3.8) is 0 Å². The molecule has 4 nitrogen and oxygen atoms in total. The Balaban J connectivity index is 1.75. The molecule has 1 amide bonds. The van der Waals surface area contributed by atoms with Crippen molar-refractivity contribution in [2.45, 2.75) is 25.2 Å². The average molecular weight is 334 g/mol. The van der Waals surface area contributed by atoms with Gasteiger partial charge in [-0.05, 0) is 49.6 Å². The fourth-order valence-electron chi connectivity index (χ4n) is 3.28. The number of nitrogens with one attached hydrogen (secondary N) is 1. The van der Waals surface area contributed by atoms with Crippen LogP contribution in [0.15, 0.2) is 48.5 Å². The molecular formula is C21H22N2O2. The van der Waals surface area contributed by atoms with E-state index in [1.165, 1.54) is 11.1 Å². The first-order chi connectivity index (χ1) is 12.1. The molecular weight excluding hydrogens is 312 g/mol. The van der Waals surface area contributed by atoms with Crippen molar-refractivity contribution in [1.82, 2.24) is 5.32 Å². The minimum absolute atomic E-state index is 0.0891. The fourth-order valence-corrected chi connectivity index (χ4v) is 3.28. The van der Waals surface area contributed by atoms with Gasteiger partial charge in [0.1, 0.15) is 0 Å². The van der Waals surface area contributed by atoms with Gasteiger partial charge in [0.15, 0.2) is 0 Å². The maximum atomic E-state index is 12.5. The predicted octanol–water partition coefficient (Wildman–Crippen LogP) is 3.34. The van der Waals surface area contributed by atoms with E-state index in [9.17, 15) is 4.79 Å². The normalized spacial score (nSPS) is 16.0. The Labute approximate surface area is 148 Å². The summed E-state index contributed by atoms with van der Waals surface area (Å²) in [6.45, 7) is 4.08. The number of ether oxygens (including phenoxy) is 1. The highest BCUT2D eigenvalue weighted by Gasteiger charge is 2.34. The van der Waals surface area contributed by atoms with E-state index in [1.807, 2.05) is 0 Å². The number of aryl methyl sites for hydroxylation is 1. The summed E-state index contributed by atoms with van der Waals surface area (Å²) in [6, 6.07) is 17.3. The first-order valence-corrected chi connectivity index (χ1v) is 8.56. The van der Waals surface area contributed by atoms with Crippen LogP contribution < -0.4 is 5.32 Å². The van der Waals surface area contributed by atoms with Crippen molar-refractivity contribution < 1.29 is 9.53 Å². The third kappa shape index (κ3) is 3.89. The van der Waals surface area contributed by atoms with Crippen LogP contribution in [0.5, 0.6) is 0 Å². The van der Waals surface area contributed by atoms with Gasteiger partial charge in [0.2, 0.25) is 0 Å². The fraction of sp³-hybridized carbons (Fsp3) is 0.333. The maximum absolute atomic E-state index is 12.5. The first-order valence-electron chi connectivity index (χ1n) is 8.56. The quantitative estimate of drug-likeness (QED) is 0.933. The largest absolute Gasteiger partial charge is 0.381 e. The van der Waals surface area contributed by atoms with Crippen LogP contribution in [0.3, 0.4) is 0 Å². The molecule has 2 aromatic rings. The number of carbonyl (C=O) groups excluding carboxylic acids is 1. The van der Waals surface area contributed by atoms with Crippen molar-refractivity contribution in [2.24, 2.45) is 0 Å². The van der Waals surface area contributed by atoms with Crippen molar-refractivity contribution in [3.05, 3.63) is 70.8 Å². The second-order valence-electron chi connectivity index (χ2n) is 6.63. The summed E-state index contributed by atoms with van der Waals surface area (Å²) in [5.74, 6) is -0.109. The van der Waals surface area contributed by atoms with Gasteiger partial charge in [0.25, 0.3) is 5.91 Å². The number of hydrogen-bond acceptors (Lipinski definition) is 3. The molecule has 0 bridgehead atoms. The Hall–Kier alpha value is -2.64. The lowest BCUT2D eigenvalue weighted by molar-refractivity contribution is 0.0487. The molecule has 4 heteroatoms. The highest BCUT2D eigenvalue weighted by atomic mass is 16.5. The molecule has 1 aliphatic rings. The van der Waals surface area contributed by atoms with E-state index in [1.54, 1.807) is 24.3 Å². The van der Waals surface area contributed by atoms with Gasteiger partial charge in [-0.25, -0.2) is 0 Å². The summed E-state index contributed by atoms with van der Waals surface area (Å²) in [5.41, 5.74) is 3.52. The maximum Gasteiger partial charge on any atom is 0.251 e. The van der Waals surface area contributed by atoms with Crippen molar-refractivity contribution in [3.8, 4) is 6.07 Å². The standard InChI is InChI=1S/C21H22N2O2/c1-16-2-8-19(9-3-16)21(10-12-25-13-11-21)15-23-20(24)18-6-4-17(14-22)5-7-18/h2-9H,10-13,15H2,1H3,(H,23,24). The van der Waals surface area contributed by atoms with E-state index in [0.717, 1.165) is 12.8 Å². The van der Waals surface area contributed by atoms with Gasteiger partial charge in [-0.3, -0.25) is 4.79 Å². The number of nitriles is 1. The van der Waals surface area contributed by atoms with Gasteiger partial charge in [0, 0.05) is 30.7 Å². The van der Waals surface area contributed by atoms with Crippen LogP contribution in [-0.4, -0.2) is 25.7 Å². The molecule has 0 radical (unpaired) electrons. The van der Waals surface area contributed by atoms with E-state index in [4.69, 9.17) is 10.00 Å². The second kappa shape index (κ2) is 7.50. The molecule has 128 valence electrons.